The molecule has 0 unspecified atom stereocenters. The van der Waals surface area contributed by atoms with E-state index in [-0.39, 0.29) is 0 Å². The van der Waals surface area contributed by atoms with Gasteiger partial charge < -0.3 is 0 Å². The van der Waals surface area contributed by atoms with Gasteiger partial charge in [0.05, 0.1) is 5.02 Å². The van der Waals surface area contributed by atoms with Crippen LogP contribution in [-0.4, -0.2) is 0 Å². The Hall–Kier alpha value is -0.0100. The smallest absolute Gasteiger partial charge is 0.0547 e. The van der Waals surface area contributed by atoms with E-state index in [1.54, 1.807) is 4.88 Å². The van der Waals surface area contributed by atoms with Gasteiger partial charge in [0.15, 0.2) is 0 Å². The summed E-state index contributed by atoms with van der Waals surface area (Å²) < 4.78 is 0. The van der Waals surface area contributed by atoms with Crippen molar-refractivity contribution in [1.29, 1.82) is 0 Å². The molecule has 0 aromatic carbocycles. The zero-order valence-electron chi connectivity index (χ0n) is 9.39. The van der Waals surface area contributed by atoms with Crippen LogP contribution in [0.4, 0.5) is 0 Å². The Morgan fingerprint density at radius 2 is 1.93 bits per heavy atom. The van der Waals surface area contributed by atoms with E-state index in [0.717, 1.165) is 17.4 Å². The highest BCUT2D eigenvalue weighted by Gasteiger charge is 2.17. The fourth-order valence-electron chi connectivity index (χ4n) is 2.43. The average Bonchev–Trinajstić information content (AvgIpc) is 2.48. The lowest BCUT2D eigenvalue weighted by Gasteiger charge is -2.10. The molecule has 2 heteroatoms. The van der Waals surface area contributed by atoms with Crippen molar-refractivity contribution in [1.82, 2.24) is 0 Å². The highest BCUT2D eigenvalue weighted by Crippen LogP contribution is 2.38. The molecule has 0 atom stereocenters. The molecule has 0 saturated heterocycles. The van der Waals surface area contributed by atoms with Gasteiger partial charge in [0.1, 0.15) is 0 Å². The molecule has 1 heterocycles. The standard InChI is InChI=1S/C13H19ClS/c1-2-12-11(14)9-13(15-12)10-7-5-3-4-6-8-10/h9-10H,2-8H2,1H3. The second-order valence-electron chi connectivity index (χ2n) is 4.46. The van der Waals surface area contributed by atoms with Gasteiger partial charge in [-0.15, -0.1) is 11.3 Å². The molecule has 2 rings (SSSR count). The van der Waals surface area contributed by atoms with Crippen molar-refractivity contribution in [2.75, 3.05) is 0 Å². The van der Waals surface area contributed by atoms with Crippen LogP contribution in [0.3, 0.4) is 0 Å². The predicted molar refractivity (Wildman–Crippen MR) is 69.2 cm³/mol. The van der Waals surface area contributed by atoms with Crippen molar-refractivity contribution < 1.29 is 0 Å². The average molecular weight is 243 g/mol. The number of hydrogen-bond donors (Lipinski definition) is 0. The van der Waals surface area contributed by atoms with E-state index < -0.39 is 0 Å². The van der Waals surface area contributed by atoms with Crippen molar-refractivity contribution in [3.8, 4) is 0 Å². The molecule has 1 aliphatic rings. The van der Waals surface area contributed by atoms with Crippen LogP contribution in [0.1, 0.15) is 61.1 Å². The van der Waals surface area contributed by atoms with Crippen molar-refractivity contribution in [2.24, 2.45) is 0 Å². The maximum absolute atomic E-state index is 6.22. The summed E-state index contributed by atoms with van der Waals surface area (Å²) in [7, 11) is 0. The Balaban J connectivity index is 2.12. The summed E-state index contributed by atoms with van der Waals surface area (Å²) in [6.45, 7) is 2.19. The number of rotatable bonds is 2. The number of thiophene rings is 1. The zero-order chi connectivity index (χ0) is 10.7. The van der Waals surface area contributed by atoms with Crippen LogP contribution >= 0.6 is 22.9 Å². The lowest BCUT2D eigenvalue weighted by molar-refractivity contribution is 0.602. The van der Waals surface area contributed by atoms with Gasteiger partial charge in [0, 0.05) is 9.75 Å². The molecule has 0 amide bonds. The van der Waals surface area contributed by atoms with Crippen molar-refractivity contribution in [2.45, 2.75) is 57.8 Å². The molecular formula is C13H19ClS. The molecule has 0 N–H and O–H groups in total. The summed E-state index contributed by atoms with van der Waals surface area (Å²) in [5.41, 5.74) is 0. The third-order valence-electron chi connectivity index (χ3n) is 3.36. The van der Waals surface area contributed by atoms with Gasteiger partial charge in [-0.2, -0.15) is 0 Å². The Kier molecular flexibility index (Phi) is 4.10. The topological polar surface area (TPSA) is 0 Å². The summed E-state index contributed by atoms with van der Waals surface area (Å²) in [5.74, 6) is 0.801. The molecular weight excluding hydrogens is 224 g/mol. The number of hydrogen-bond acceptors (Lipinski definition) is 1. The van der Waals surface area contributed by atoms with E-state index in [0.29, 0.717) is 0 Å². The highest BCUT2D eigenvalue weighted by atomic mass is 35.5. The normalized spacial score (nSPS) is 19.1. The minimum Gasteiger partial charge on any atom is -0.144 e. The Labute approximate surface area is 102 Å². The maximum atomic E-state index is 6.22. The molecule has 0 radical (unpaired) electrons. The molecule has 15 heavy (non-hydrogen) atoms. The van der Waals surface area contributed by atoms with Crippen molar-refractivity contribution in [3.05, 3.63) is 20.8 Å². The fourth-order valence-corrected chi connectivity index (χ4v) is 4.03. The third-order valence-corrected chi connectivity index (χ3v) is 5.25. The maximum Gasteiger partial charge on any atom is 0.0547 e. The van der Waals surface area contributed by atoms with Gasteiger partial charge in [-0.1, -0.05) is 44.2 Å². The molecule has 1 saturated carbocycles. The first-order chi connectivity index (χ1) is 7.31. The lowest BCUT2D eigenvalue weighted by atomic mass is 9.99. The Morgan fingerprint density at radius 3 is 2.47 bits per heavy atom. The van der Waals surface area contributed by atoms with E-state index in [4.69, 9.17) is 11.6 Å². The molecule has 0 aliphatic heterocycles. The summed E-state index contributed by atoms with van der Waals surface area (Å²) in [6, 6.07) is 2.22. The van der Waals surface area contributed by atoms with Crippen LogP contribution in [0.2, 0.25) is 5.02 Å². The Bertz CT molecular complexity index is 308. The van der Waals surface area contributed by atoms with Crippen molar-refractivity contribution >= 4 is 22.9 Å². The van der Waals surface area contributed by atoms with Crippen LogP contribution in [0.15, 0.2) is 6.07 Å². The summed E-state index contributed by atoms with van der Waals surface area (Å²) >= 11 is 8.16. The van der Waals surface area contributed by atoms with Crippen molar-refractivity contribution in [3.63, 3.8) is 0 Å². The predicted octanol–water partition coefficient (Wildman–Crippen LogP) is 5.40. The molecule has 0 nitrogen and oxygen atoms in total. The molecule has 1 aromatic rings. The first-order valence-electron chi connectivity index (χ1n) is 6.09. The molecule has 0 spiro atoms. The molecule has 1 aliphatic carbocycles. The number of aryl methyl sites for hydroxylation is 1. The van der Waals surface area contributed by atoms with Crippen LogP contribution in [-0.2, 0) is 6.42 Å². The SMILES string of the molecule is CCc1sc(C2CCCCCC2)cc1Cl. The third kappa shape index (κ3) is 2.76. The van der Waals surface area contributed by atoms with Gasteiger partial charge in [-0.25, -0.2) is 0 Å². The molecule has 1 fully saturated rings. The summed E-state index contributed by atoms with van der Waals surface area (Å²) in [5, 5.41) is 1.00. The zero-order valence-corrected chi connectivity index (χ0v) is 11.0. The van der Waals surface area contributed by atoms with Crippen LogP contribution in [0.25, 0.3) is 0 Å². The van der Waals surface area contributed by atoms with Gasteiger partial charge in [-0.3, -0.25) is 0 Å². The van der Waals surface area contributed by atoms with Crippen LogP contribution < -0.4 is 0 Å². The second kappa shape index (κ2) is 5.36. The largest absolute Gasteiger partial charge is 0.144 e. The monoisotopic (exact) mass is 242 g/mol. The van der Waals surface area contributed by atoms with Gasteiger partial charge in [0.25, 0.3) is 0 Å². The molecule has 1 aromatic heterocycles. The minimum absolute atomic E-state index is 0.801. The summed E-state index contributed by atoms with van der Waals surface area (Å²) in [6.07, 6.45) is 9.49. The Morgan fingerprint density at radius 1 is 1.27 bits per heavy atom. The molecule has 0 bridgehead atoms. The van der Waals surface area contributed by atoms with Gasteiger partial charge in [-0.05, 0) is 31.2 Å². The van der Waals surface area contributed by atoms with Gasteiger partial charge in [0.2, 0.25) is 0 Å². The minimum atomic E-state index is 0.801. The van der Waals surface area contributed by atoms with E-state index in [1.807, 2.05) is 11.3 Å². The van der Waals surface area contributed by atoms with E-state index in [2.05, 4.69) is 13.0 Å². The van der Waals surface area contributed by atoms with Crippen LogP contribution in [0.5, 0.6) is 0 Å². The quantitative estimate of drug-likeness (QED) is 0.609. The highest BCUT2D eigenvalue weighted by molar-refractivity contribution is 7.12. The first-order valence-corrected chi connectivity index (χ1v) is 7.28. The van der Waals surface area contributed by atoms with Gasteiger partial charge >= 0.3 is 0 Å². The van der Waals surface area contributed by atoms with E-state index in [9.17, 15) is 0 Å². The van der Waals surface area contributed by atoms with E-state index in [1.165, 1.54) is 43.4 Å². The number of halogens is 1. The first kappa shape index (κ1) is 11.5. The lowest BCUT2D eigenvalue weighted by Crippen LogP contribution is -1.93. The van der Waals surface area contributed by atoms with E-state index >= 15 is 0 Å². The second-order valence-corrected chi connectivity index (χ2v) is 6.04. The summed E-state index contributed by atoms with van der Waals surface area (Å²) in [4.78, 5) is 2.91. The fraction of sp³-hybridized carbons (Fsp3) is 0.692. The van der Waals surface area contributed by atoms with Crippen LogP contribution in [0, 0.1) is 0 Å². The molecule has 84 valence electrons.